The number of benzene rings is 1. The van der Waals surface area contributed by atoms with E-state index in [9.17, 15) is 13.2 Å². The second-order valence-electron chi connectivity index (χ2n) is 6.30. The molecule has 1 amide bonds. The standard InChI is InChI=1S/C17H22N2O3S/c1-13(15-6-7-15)18-17(20)10-5-14-3-8-16(9-4-14)19-11-2-12-23(19,21)22/h3-5,8-10,13,15H,2,6-7,11-12H2,1H3,(H,18,20)/b10-5+. The number of nitrogens with one attached hydrogen (secondary N) is 1. The molecule has 0 bridgehead atoms. The molecule has 2 fully saturated rings. The molecule has 124 valence electrons. The molecule has 0 radical (unpaired) electrons. The van der Waals surface area contributed by atoms with E-state index in [1.54, 1.807) is 18.2 Å². The summed E-state index contributed by atoms with van der Waals surface area (Å²) in [5.41, 5.74) is 1.56. The van der Waals surface area contributed by atoms with Gasteiger partial charge in [-0.15, -0.1) is 0 Å². The van der Waals surface area contributed by atoms with Crippen molar-refractivity contribution in [3.05, 3.63) is 35.9 Å². The Morgan fingerprint density at radius 2 is 2.00 bits per heavy atom. The largest absolute Gasteiger partial charge is 0.350 e. The fraction of sp³-hybridized carbons (Fsp3) is 0.471. The Bertz CT molecular complexity index is 706. The number of hydrogen-bond donors (Lipinski definition) is 1. The number of hydrogen-bond acceptors (Lipinski definition) is 3. The van der Waals surface area contributed by atoms with Crippen LogP contribution in [0.3, 0.4) is 0 Å². The van der Waals surface area contributed by atoms with E-state index in [1.165, 1.54) is 23.2 Å². The van der Waals surface area contributed by atoms with Gasteiger partial charge in [-0.25, -0.2) is 8.42 Å². The van der Waals surface area contributed by atoms with Crippen LogP contribution in [0.1, 0.15) is 31.7 Å². The highest BCUT2D eigenvalue weighted by molar-refractivity contribution is 7.93. The molecular formula is C17H22N2O3S. The molecule has 23 heavy (non-hydrogen) atoms. The molecule has 3 rings (SSSR count). The zero-order valence-electron chi connectivity index (χ0n) is 13.2. The molecule has 1 heterocycles. The van der Waals surface area contributed by atoms with Gasteiger partial charge in [0.05, 0.1) is 11.4 Å². The van der Waals surface area contributed by atoms with Crippen LogP contribution in [0.25, 0.3) is 6.08 Å². The third-order valence-corrected chi connectivity index (χ3v) is 6.28. The molecule has 0 spiro atoms. The highest BCUT2D eigenvalue weighted by Crippen LogP contribution is 2.32. The van der Waals surface area contributed by atoms with E-state index in [0.717, 1.165) is 5.56 Å². The molecule has 1 atom stereocenters. The summed E-state index contributed by atoms with van der Waals surface area (Å²) in [6, 6.07) is 7.46. The van der Waals surface area contributed by atoms with Gasteiger partial charge in [-0.2, -0.15) is 0 Å². The monoisotopic (exact) mass is 334 g/mol. The Balaban J connectivity index is 1.61. The predicted molar refractivity (Wildman–Crippen MR) is 91.6 cm³/mol. The minimum atomic E-state index is -3.14. The van der Waals surface area contributed by atoms with Crippen molar-refractivity contribution in [2.45, 2.75) is 32.2 Å². The van der Waals surface area contributed by atoms with E-state index in [-0.39, 0.29) is 17.7 Å². The zero-order chi connectivity index (χ0) is 16.4. The third kappa shape index (κ3) is 3.93. The maximum absolute atomic E-state index is 11.9. The average Bonchev–Trinajstić information content (AvgIpc) is 3.30. The fourth-order valence-corrected chi connectivity index (χ4v) is 4.40. The van der Waals surface area contributed by atoms with E-state index in [1.807, 2.05) is 19.1 Å². The zero-order valence-corrected chi connectivity index (χ0v) is 14.1. The van der Waals surface area contributed by atoms with Crippen molar-refractivity contribution in [1.82, 2.24) is 5.32 Å². The lowest BCUT2D eigenvalue weighted by Gasteiger charge is -2.16. The maximum atomic E-state index is 11.9. The van der Waals surface area contributed by atoms with E-state index in [2.05, 4.69) is 5.32 Å². The third-order valence-electron chi connectivity index (χ3n) is 4.41. The summed E-state index contributed by atoms with van der Waals surface area (Å²) in [6.07, 6.45) is 6.35. The van der Waals surface area contributed by atoms with Crippen LogP contribution in [0.5, 0.6) is 0 Å². The molecule has 5 nitrogen and oxygen atoms in total. The normalized spacial score (nSPS) is 21.5. The Labute approximate surface area is 137 Å². The quantitative estimate of drug-likeness (QED) is 0.839. The second-order valence-corrected chi connectivity index (χ2v) is 8.31. The molecule has 1 saturated carbocycles. The Morgan fingerprint density at radius 3 is 2.57 bits per heavy atom. The van der Waals surface area contributed by atoms with Crippen LogP contribution in [0.15, 0.2) is 30.3 Å². The molecule has 1 aromatic rings. The molecule has 1 aliphatic carbocycles. The molecule has 1 aromatic carbocycles. The topological polar surface area (TPSA) is 66.5 Å². The van der Waals surface area contributed by atoms with Crippen LogP contribution in [-0.4, -0.2) is 32.7 Å². The molecule has 1 unspecified atom stereocenters. The van der Waals surface area contributed by atoms with Gasteiger partial charge in [0.15, 0.2) is 0 Å². The van der Waals surface area contributed by atoms with Crippen molar-refractivity contribution in [3.63, 3.8) is 0 Å². The number of amides is 1. The Morgan fingerprint density at radius 1 is 1.30 bits per heavy atom. The lowest BCUT2D eigenvalue weighted by atomic mass is 10.2. The second kappa shape index (κ2) is 6.35. The number of sulfonamides is 1. The van der Waals surface area contributed by atoms with Gasteiger partial charge in [0.25, 0.3) is 0 Å². The van der Waals surface area contributed by atoms with Crippen LogP contribution in [0, 0.1) is 5.92 Å². The summed E-state index contributed by atoms with van der Waals surface area (Å²) in [4.78, 5) is 11.8. The van der Waals surface area contributed by atoms with Gasteiger partial charge >= 0.3 is 0 Å². The minimum absolute atomic E-state index is 0.0874. The number of nitrogens with zero attached hydrogens (tertiary/aromatic N) is 1. The van der Waals surface area contributed by atoms with Gasteiger partial charge in [-0.05, 0) is 55.9 Å². The highest BCUT2D eigenvalue weighted by atomic mass is 32.2. The van der Waals surface area contributed by atoms with Gasteiger partial charge in [0, 0.05) is 18.7 Å². The van der Waals surface area contributed by atoms with E-state index < -0.39 is 10.0 Å². The van der Waals surface area contributed by atoms with E-state index in [0.29, 0.717) is 24.6 Å². The first-order valence-electron chi connectivity index (χ1n) is 8.05. The molecule has 6 heteroatoms. The Hall–Kier alpha value is -1.82. The molecule has 1 aliphatic heterocycles. The Kier molecular flexibility index (Phi) is 4.43. The maximum Gasteiger partial charge on any atom is 0.244 e. The van der Waals surface area contributed by atoms with Crippen molar-refractivity contribution < 1.29 is 13.2 Å². The van der Waals surface area contributed by atoms with Gasteiger partial charge < -0.3 is 5.32 Å². The van der Waals surface area contributed by atoms with Crippen LogP contribution >= 0.6 is 0 Å². The number of carbonyl (C=O) groups is 1. The number of carbonyl (C=O) groups excluding carboxylic acids is 1. The van der Waals surface area contributed by atoms with Crippen LogP contribution in [0.4, 0.5) is 5.69 Å². The fourth-order valence-electron chi connectivity index (χ4n) is 2.84. The number of anilines is 1. The summed E-state index contributed by atoms with van der Waals surface area (Å²) in [6.45, 7) is 2.58. The lowest BCUT2D eigenvalue weighted by molar-refractivity contribution is -0.117. The van der Waals surface area contributed by atoms with Gasteiger partial charge in [-0.3, -0.25) is 9.10 Å². The average molecular weight is 334 g/mol. The van der Waals surface area contributed by atoms with E-state index >= 15 is 0 Å². The first-order chi connectivity index (χ1) is 11.0. The van der Waals surface area contributed by atoms with Crippen LogP contribution < -0.4 is 9.62 Å². The van der Waals surface area contributed by atoms with Crippen molar-refractivity contribution in [3.8, 4) is 0 Å². The summed E-state index contributed by atoms with van der Waals surface area (Å²) in [7, 11) is -3.14. The molecule has 0 aromatic heterocycles. The summed E-state index contributed by atoms with van der Waals surface area (Å²) >= 11 is 0. The van der Waals surface area contributed by atoms with E-state index in [4.69, 9.17) is 0 Å². The first kappa shape index (κ1) is 16.1. The summed E-state index contributed by atoms with van der Waals surface area (Å²) in [5.74, 6) is 0.762. The lowest BCUT2D eigenvalue weighted by Crippen LogP contribution is -2.32. The number of rotatable bonds is 5. The van der Waals surface area contributed by atoms with Gasteiger partial charge in [0.1, 0.15) is 0 Å². The SMILES string of the molecule is CC(NC(=O)/C=C/c1ccc(N2CCCS2(=O)=O)cc1)C1CC1. The molecule has 2 aliphatic rings. The minimum Gasteiger partial charge on any atom is -0.350 e. The first-order valence-corrected chi connectivity index (χ1v) is 9.66. The summed E-state index contributed by atoms with van der Waals surface area (Å²) in [5, 5.41) is 2.97. The van der Waals surface area contributed by atoms with Crippen LogP contribution in [-0.2, 0) is 14.8 Å². The summed E-state index contributed by atoms with van der Waals surface area (Å²) < 4.78 is 25.2. The highest BCUT2D eigenvalue weighted by Gasteiger charge is 2.29. The van der Waals surface area contributed by atoms with Crippen LogP contribution in [0.2, 0.25) is 0 Å². The van der Waals surface area contributed by atoms with Gasteiger partial charge in [0.2, 0.25) is 15.9 Å². The van der Waals surface area contributed by atoms with Crippen molar-refractivity contribution in [2.75, 3.05) is 16.6 Å². The predicted octanol–water partition coefficient (Wildman–Crippen LogP) is 2.15. The van der Waals surface area contributed by atoms with Gasteiger partial charge in [-0.1, -0.05) is 12.1 Å². The molecule has 1 saturated heterocycles. The molecule has 1 N–H and O–H groups in total. The smallest absolute Gasteiger partial charge is 0.244 e. The van der Waals surface area contributed by atoms with Crippen molar-refractivity contribution >= 4 is 27.7 Å². The van der Waals surface area contributed by atoms with Crippen molar-refractivity contribution in [1.29, 1.82) is 0 Å². The van der Waals surface area contributed by atoms with Crippen molar-refractivity contribution in [2.24, 2.45) is 5.92 Å². The molecular weight excluding hydrogens is 312 g/mol.